The van der Waals surface area contributed by atoms with Crippen LogP contribution in [-0.2, 0) is 14.3 Å². The van der Waals surface area contributed by atoms with E-state index in [1.54, 1.807) is 18.7 Å². The number of likely N-dealkylation sites (N-methyl/N-ethyl adjacent to an activating group) is 1. The Labute approximate surface area is 127 Å². The molecule has 1 aliphatic heterocycles. The van der Waals surface area contributed by atoms with E-state index in [0.717, 1.165) is 25.9 Å². The van der Waals surface area contributed by atoms with Crippen LogP contribution in [0.2, 0.25) is 0 Å². The first-order chi connectivity index (χ1) is 9.99. The molecule has 0 aromatic carbocycles. The highest BCUT2D eigenvalue weighted by molar-refractivity contribution is 5.81. The molecule has 1 unspecified atom stereocenters. The van der Waals surface area contributed by atoms with Crippen molar-refractivity contribution in [1.82, 2.24) is 9.80 Å². The monoisotopic (exact) mass is 299 g/mol. The third kappa shape index (κ3) is 5.63. The van der Waals surface area contributed by atoms with Crippen molar-refractivity contribution in [3.05, 3.63) is 0 Å². The average molecular weight is 299 g/mol. The van der Waals surface area contributed by atoms with Crippen molar-refractivity contribution in [2.24, 2.45) is 5.73 Å². The predicted molar refractivity (Wildman–Crippen MR) is 81.7 cm³/mol. The van der Waals surface area contributed by atoms with E-state index in [1.165, 1.54) is 0 Å². The lowest BCUT2D eigenvalue weighted by Crippen LogP contribution is -2.48. The second-order valence-corrected chi connectivity index (χ2v) is 5.55. The highest BCUT2D eigenvalue weighted by Gasteiger charge is 2.28. The molecular weight excluding hydrogens is 270 g/mol. The van der Waals surface area contributed by atoms with Crippen LogP contribution in [0.3, 0.4) is 0 Å². The van der Waals surface area contributed by atoms with Crippen LogP contribution >= 0.6 is 0 Å². The van der Waals surface area contributed by atoms with Gasteiger partial charge in [-0.25, -0.2) is 0 Å². The summed E-state index contributed by atoms with van der Waals surface area (Å²) in [6.07, 6.45) is 2.48. The van der Waals surface area contributed by atoms with Gasteiger partial charge in [-0.3, -0.25) is 14.5 Å². The minimum absolute atomic E-state index is 0.0951. The maximum Gasteiger partial charge on any atom is 0.307 e. The van der Waals surface area contributed by atoms with Gasteiger partial charge in [-0.15, -0.1) is 0 Å². The fourth-order valence-corrected chi connectivity index (χ4v) is 2.81. The molecule has 0 radical (unpaired) electrons. The first kappa shape index (κ1) is 17.9. The maximum absolute atomic E-state index is 12.2. The highest BCUT2D eigenvalue weighted by atomic mass is 16.5. The van der Waals surface area contributed by atoms with Gasteiger partial charge in [-0.05, 0) is 39.8 Å². The third-order valence-corrected chi connectivity index (χ3v) is 3.93. The topological polar surface area (TPSA) is 75.9 Å². The minimum Gasteiger partial charge on any atom is -0.466 e. The van der Waals surface area contributed by atoms with E-state index < -0.39 is 6.04 Å². The zero-order valence-electron chi connectivity index (χ0n) is 13.5. The number of rotatable bonds is 8. The van der Waals surface area contributed by atoms with E-state index in [4.69, 9.17) is 10.5 Å². The lowest BCUT2D eigenvalue weighted by atomic mass is 10.1. The summed E-state index contributed by atoms with van der Waals surface area (Å²) in [4.78, 5) is 27.8. The van der Waals surface area contributed by atoms with Crippen LogP contribution in [0.4, 0.5) is 0 Å². The summed E-state index contributed by atoms with van der Waals surface area (Å²) < 4.78 is 4.93. The standard InChI is InChI=1S/C15H29N3O3/c1-4-17-9-6-7-13(17)11-18(15(20)12(3)16)10-8-14(19)21-5-2/h12-13H,4-11,16H2,1-3H3/t12-,13?/m1/s1. The summed E-state index contributed by atoms with van der Waals surface area (Å²) in [6, 6.07) is -0.163. The van der Waals surface area contributed by atoms with Gasteiger partial charge in [-0.2, -0.15) is 0 Å². The molecule has 1 fully saturated rings. The molecule has 1 heterocycles. The number of amides is 1. The van der Waals surface area contributed by atoms with Crippen molar-refractivity contribution in [3.63, 3.8) is 0 Å². The van der Waals surface area contributed by atoms with Gasteiger partial charge in [0.2, 0.25) is 5.91 Å². The van der Waals surface area contributed by atoms with Crippen LogP contribution in [0.25, 0.3) is 0 Å². The van der Waals surface area contributed by atoms with Crippen LogP contribution < -0.4 is 5.73 Å². The smallest absolute Gasteiger partial charge is 0.307 e. The minimum atomic E-state index is -0.538. The van der Waals surface area contributed by atoms with Crippen molar-refractivity contribution in [2.45, 2.75) is 52.1 Å². The van der Waals surface area contributed by atoms with E-state index in [2.05, 4.69) is 11.8 Å². The molecule has 0 bridgehead atoms. The molecular formula is C15H29N3O3. The quantitative estimate of drug-likeness (QED) is 0.664. The molecule has 1 aliphatic rings. The summed E-state index contributed by atoms with van der Waals surface area (Å²) in [5, 5.41) is 0. The number of carbonyl (C=O) groups excluding carboxylic acids is 2. The van der Waals surface area contributed by atoms with Crippen molar-refractivity contribution < 1.29 is 14.3 Å². The van der Waals surface area contributed by atoms with Crippen molar-refractivity contribution in [2.75, 3.05) is 32.8 Å². The fraction of sp³-hybridized carbons (Fsp3) is 0.867. The van der Waals surface area contributed by atoms with Gasteiger partial charge in [-0.1, -0.05) is 6.92 Å². The van der Waals surface area contributed by atoms with Crippen LogP contribution in [-0.4, -0.2) is 66.5 Å². The lowest BCUT2D eigenvalue weighted by Gasteiger charge is -2.31. The van der Waals surface area contributed by atoms with Gasteiger partial charge in [0.1, 0.15) is 0 Å². The number of ether oxygens (including phenoxy) is 1. The summed E-state index contributed by atoms with van der Waals surface area (Å²) in [5.41, 5.74) is 5.72. The first-order valence-electron chi connectivity index (χ1n) is 7.93. The summed E-state index contributed by atoms with van der Waals surface area (Å²) in [5.74, 6) is -0.360. The molecule has 6 heteroatoms. The predicted octanol–water partition coefficient (Wildman–Crippen LogP) is 0.600. The normalized spacial score (nSPS) is 20.3. The van der Waals surface area contributed by atoms with Crippen molar-refractivity contribution >= 4 is 11.9 Å². The van der Waals surface area contributed by atoms with Gasteiger partial charge in [0.05, 0.1) is 19.1 Å². The molecule has 0 aliphatic carbocycles. The Morgan fingerprint density at radius 1 is 1.43 bits per heavy atom. The number of hydrogen-bond donors (Lipinski definition) is 1. The largest absolute Gasteiger partial charge is 0.466 e. The van der Waals surface area contributed by atoms with Gasteiger partial charge < -0.3 is 15.4 Å². The number of esters is 1. The second kappa shape index (κ2) is 9.00. The molecule has 6 nitrogen and oxygen atoms in total. The molecule has 1 rings (SSSR count). The SMILES string of the molecule is CCOC(=O)CCN(CC1CCCN1CC)C(=O)[C@@H](C)N. The molecule has 122 valence electrons. The van der Waals surface area contributed by atoms with Crippen LogP contribution in [0, 0.1) is 0 Å². The number of likely N-dealkylation sites (tertiary alicyclic amines) is 1. The molecule has 21 heavy (non-hydrogen) atoms. The molecule has 2 N–H and O–H groups in total. The molecule has 0 aromatic rings. The molecule has 1 saturated heterocycles. The Bertz CT molecular complexity index is 347. The second-order valence-electron chi connectivity index (χ2n) is 5.55. The van der Waals surface area contributed by atoms with E-state index >= 15 is 0 Å². The van der Waals surface area contributed by atoms with E-state index in [9.17, 15) is 9.59 Å². The number of carbonyl (C=O) groups is 2. The van der Waals surface area contributed by atoms with Crippen LogP contribution in [0.1, 0.15) is 40.0 Å². The van der Waals surface area contributed by atoms with Crippen molar-refractivity contribution in [1.29, 1.82) is 0 Å². The van der Waals surface area contributed by atoms with Gasteiger partial charge in [0, 0.05) is 19.1 Å². The molecule has 0 aromatic heterocycles. The maximum atomic E-state index is 12.2. The number of hydrogen-bond acceptors (Lipinski definition) is 5. The summed E-state index contributed by atoms with van der Waals surface area (Å²) in [7, 11) is 0. The van der Waals surface area contributed by atoms with Crippen LogP contribution in [0.5, 0.6) is 0 Å². The molecule has 0 spiro atoms. The summed E-state index contributed by atoms with van der Waals surface area (Å²) in [6.45, 7) is 9.07. The van der Waals surface area contributed by atoms with E-state index in [1.807, 2.05) is 0 Å². The molecule has 2 atom stereocenters. The zero-order valence-corrected chi connectivity index (χ0v) is 13.5. The van der Waals surface area contributed by atoms with Crippen LogP contribution in [0.15, 0.2) is 0 Å². The Morgan fingerprint density at radius 3 is 2.71 bits per heavy atom. The Balaban J connectivity index is 2.60. The fourth-order valence-electron chi connectivity index (χ4n) is 2.81. The molecule has 1 amide bonds. The Morgan fingerprint density at radius 2 is 2.14 bits per heavy atom. The summed E-state index contributed by atoms with van der Waals surface area (Å²) >= 11 is 0. The Hall–Kier alpha value is -1.14. The van der Waals surface area contributed by atoms with E-state index in [-0.39, 0.29) is 18.3 Å². The third-order valence-electron chi connectivity index (χ3n) is 3.93. The van der Waals surface area contributed by atoms with Gasteiger partial charge in [0.15, 0.2) is 0 Å². The molecule has 0 saturated carbocycles. The van der Waals surface area contributed by atoms with Crippen molar-refractivity contribution in [3.8, 4) is 0 Å². The first-order valence-corrected chi connectivity index (χ1v) is 7.93. The number of nitrogens with two attached hydrogens (primary N) is 1. The lowest BCUT2D eigenvalue weighted by molar-refractivity contribution is -0.144. The van der Waals surface area contributed by atoms with Gasteiger partial charge in [0.25, 0.3) is 0 Å². The van der Waals surface area contributed by atoms with Gasteiger partial charge >= 0.3 is 5.97 Å². The highest BCUT2D eigenvalue weighted by Crippen LogP contribution is 2.18. The Kier molecular flexibility index (Phi) is 7.67. The number of nitrogens with zero attached hydrogens (tertiary/aromatic N) is 2. The zero-order chi connectivity index (χ0) is 15.8. The average Bonchev–Trinajstić information content (AvgIpc) is 2.89. The van der Waals surface area contributed by atoms with E-state index in [0.29, 0.717) is 25.7 Å².